The Hall–Kier alpha value is -1.04. The van der Waals surface area contributed by atoms with E-state index in [0.29, 0.717) is 11.0 Å². The summed E-state index contributed by atoms with van der Waals surface area (Å²) in [4.78, 5) is 15.4. The van der Waals surface area contributed by atoms with E-state index in [0.717, 1.165) is 7.11 Å². The molecule has 0 saturated carbocycles. The van der Waals surface area contributed by atoms with Crippen LogP contribution in [0.4, 0.5) is 8.78 Å². The molecule has 3 nitrogen and oxygen atoms in total. The summed E-state index contributed by atoms with van der Waals surface area (Å²) in [5.41, 5.74) is 0.218. The van der Waals surface area contributed by atoms with Crippen molar-refractivity contribution in [2.24, 2.45) is 0 Å². The Morgan fingerprint density at radius 2 is 2.25 bits per heavy atom. The molecule has 1 rings (SSSR count). The first-order chi connectivity index (χ1) is 7.51. The lowest BCUT2D eigenvalue weighted by Crippen LogP contribution is -2.11. The summed E-state index contributed by atoms with van der Waals surface area (Å²) in [7, 11) is 1.15. The summed E-state index contributed by atoms with van der Waals surface area (Å²) in [5, 5.41) is 0.356. The van der Waals surface area contributed by atoms with Crippen LogP contribution < -0.4 is 0 Å². The van der Waals surface area contributed by atoms with Gasteiger partial charge in [0.1, 0.15) is 0 Å². The lowest BCUT2D eigenvalue weighted by atomic mass is 10.1. The zero-order valence-corrected chi connectivity index (χ0v) is 10.3. The zero-order valence-electron chi connectivity index (χ0n) is 8.76. The highest BCUT2D eigenvalue weighted by Crippen LogP contribution is 2.26. The van der Waals surface area contributed by atoms with Gasteiger partial charge in [0, 0.05) is 10.9 Å². The third-order valence-corrected chi connectivity index (χ3v) is 2.62. The van der Waals surface area contributed by atoms with Crippen LogP contribution in [0.3, 0.4) is 0 Å². The van der Waals surface area contributed by atoms with Crippen molar-refractivity contribution >= 4 is 21.9 Å². The minimum atomic E-state index is -2.73. The van der Waals surface area contributed by atoms with Gasteiger partial charge >= 0.3 is 5.97 Å². The number of rotatable bonds is 3. The van der Waals surface area contributed by atoms with Crippen LogP contribution >= 0.6 is 15.9 Å². The lowest BCUT2D eigenvalue weighted by Gasteiger charge is -2.11. The molecule has 0 fully saturated rings. The standard InChI is InChI=1S/C10H10BrF2NO2/c1-5-8(10(15)16-2)7(9(12)13)3-6(4-11)14-5/h3,9H,4H2,1-2H3. The van der Waals surface area contributed by atoms with E-state index < -0.39 is 12.4 Å². The largest absolute Gasteiger partial charge is 0.465 e. The maximum atomic E-state index is 12.8. The SMILES string of the molecule is COC(=O)c1c(C(F)F)cc(CBr)nc1C. The minimum Gasteiger partial charge on any atom is -0.465 e. The number of carbonyl (C=O) groups is 1. The minimum absolute atomic E-state index is 0.151. The molecule has 0 aliphatic heterocycles. The smallest absolute Gasteiger partial charge is 0.340 e. The highest BCUT2D eigenvalue weighted by atomic mass is 79.9. The van der Waals surface area contributed by atoms with Gasteiger partial charge in [-0.05, 0) is 13.0 Å². The number of carbonyl (C=O) groups excluding carboxylic acids is 1. The summed E-state index contributed by atoms with van der Waals surface area (Å²) in [6.45, 7) is 1.50. The maximum absolute atomic E-state index is 12.8. The second-order valence-corrected chi connectivity index (χ2v) is 3.65. The summed E-state index contributed by atoms with van der Waals surface area (Å²) < 4.78 is 30.0. The van der Waals surface area contributed by atoms with Crippen LogP contribution in [0.2, 0.25) is 0 Å². The second-order valence-electron chi connectivity index (χ2n) is 3.09. The van der Waals surface area contributed by atoms with E-state index in [1.165, 1.54) is 13.0 Å². The molecule has 6 heteroatoms. The molecule has 0 aliphatic rings. The fourth-order valence-electron chi connectivity index (χ4n) is 1.37. The lowest BCUT2D eigenvalue weighted by molar-refractivity contribution is 0.0587. The van der Waals surface area contributed by atoms with Crippen LogP contribution in [0.15, 0.2) is 6.07 Å². The Morgan fingerprint density at radius 1 is 1.62 bits per heavy atom. The number of nitrogens with zero attached hydrogens (tertiary/aromatic N) is 1. The molecular formula is C10H10BrF2NO2. The quantitative estimate of drug-likeness (QED) is 0.635. The monoisotopic (exact) mass is 293 g/mol. The van der Waals surface area contributed by atoms with E-state index >= 15 is 0 Å². The molecule has 0 atom stereocenters. The third-order valence-electron chi connectivity index (χ3n) is 2.05. The number of alkyl halides is 3. The molecule has 0 amide bonds. The normalized spacial score (nSPS) is 10.6. The fourth-order valence-corrected chi connectivity index (χ4v) is 1.66. The maximum Gasteiger partial charge on any atom is 0.340 e. The van der Waals surface area contributed by atoms with Gasteiger partial charge in [-0.25, -0.2) is 13.6 Å². The Labute approximate surface area is 99.9 Å². The van der Waals surface area contributed by atoms with Gasteiger partial charge in [0.25, 0.3) is 6.43 Å². The molecule has 0 aliphatic carbocycles. The van der Waals surface area contributed by atoms with Crippen molar-refractivity contribution in [3.05, 3.63) is 28.6 Å². The van der Waals surface area contributed by atoms with Gasteiger partial charge in [-0.15, -0.1) is 0 Å². The Bertz CT molecular complexity index is 410. The van der Waals surface area contributed by atoms with E-state index in [4.69, 9.17) is 0 Å². The average molecular weight is 294 g/mol. The molecule has 0 unspecified atom stereocenters. The van der Waals surface area contributed by atoms with Crippen molar-refractivity contribution in [1.82, 2.24) is 4.98 Å². The van der Waals surface area contributed by atoms with Gasteiger partial charge in [-0.2, -0.15) is 0 Å². The Balaban J connectivity index is 3.39. The molecule has 16 heavy (non-hydrogen) atoms. The number of halogens is 3. The van der Waals surface area contributed by atoms with Gasteiger partial charge in [0.2, 0.25) is 0 Å². The molecule has 0 saturated heterocycles. The van der Waals surface area contributed by atoms with Crippen LogP contribution in [0.25, 0.3) is 0 Å². The number of esters is 1. The first-order valence-electron chi connectivity index (χ1n) is 4.44. The van der Waals surface area contributed by atoms with Gasteiger partial charge in [0.05, 0.1) is 24.1 Å². The van der Waals surface area contributed by atoms with Crippen LogP contribution in [0.5, 0.6) is 0 Å². The molecule has 1 aromatic rings. The van der Waals surface area contributed by atoms with Crippen LogP contribution in [-0.4, -0.2) is 18.1 Å². The summed E-state index contributed by atoms with van der Waals surface area (Å²) in [6, 6.07) is 1.21. The highest BCUT2D eigenvalue weighted by molar-refractivity contribution is 9.08. The van der Waals surface area contributed by atoms with E-state index in [1.807, 2.05) is 0 Å². The first kappa shape index (κ1) is 13.0. The highest BCUT2D eigenvalue weighted by Gasteiger charge is 2.22. The number of aromatic nitrogens is 1. The number of ether oxygens (including phenoxy) is 1. The van der Waals surface area contributed by atoms with E-state index in [2.05, 4.69) is 25.7 Å². The predicted octanol–water partition coefficient (Wildman–Crippen LogP) is 3.01. The predicted molar refractivity (Wildman–Crippen MR) is 57.9 cm³/mol. The Kier molecular flexibility index (Phi) is 4.35. The fraction of sp³-hybridized carbons (Fsp3) is 0.400. The van der Waals surface area contributed by atoms with Crippen molar-refractivity contribution in [3.8, 4) is 0 Å². The summed E-state index contributed by atoms with van der Waals surface area (Å²) >= 11 is 3.13. The van der Waals surface area contributed by atoms with Gasteiger partial charge in [-0.3, -0.25) is 4.98 Å². The van der Waals surface area contributed by atoms with Crippen molar-refractivity contribution in [3.63, 3.8) is 0 Å². The molecule has 0 aromatic carbocycles. The third kappa shape index (κ3) is 2.55. The van der Waals surface area contributed by atoms with Gasteiger partial charge in [0.15, 0.2) is 0 Å². The average Bonchev–Trinajstić information content (AvgIpc) is 2.26. The first-order valence-corrected chi connectivity index (χ1v) is 5.56. The number of hydrogen-bond donors (Lipinski definition) is 0. The summed E-state index contributed by atoms with van der Waals surface area (Å²) in [6.07, 6.45) is -2.73. The molecule has 0 radical (unpaired) electrons. The van der Waals surface area contributed by atoms with Crippen molar-refractivity contribution in [2.45, 2.75) is 18.7 Å². The van der Waals surface area contributed by atoms with Gasteiger partial charge in [-0.1, -0.05) is 15.9 Å². The van der Waals surface area contributed by atoms with E-state index in [9.17, 15) is 13.6 Å². The zero-order chi connectivity index (χ0) is 12.3. The Morgan fingerprint density at radius 3 is 2.69 bits per heavy atom. The number of hydrogen-bond acceptors (Lipinski definition) is 3. The number of pyridine rings is 1. The van der Waals surface area contributed by atoms with Crippen LogP contribution in [0, 0.1) is 6.92 Å². The molecule has 88 valence electrons. The van der Waals surface area contributed by atoms with Crippen LogP contribution in [0.1, 0.15) is 33.7 Å². The molecule has 1 heterocycles. The van der Waals surface area contributed by atoms with E-state index in [-0.39, 0.29) is 16.8 Å². The molecule has 0 spiro atoms. The van der Waals surface area contributed by atoms with Crippen LogP contribution in [-0.2, 0) is 10.1 Å². The number of methoxy groups -OCH3 is 1. The molecule has 0 N–H and O–H groups in total. The van der Waals surface area contributed by atoms with Crippen molar-refractivity contribution in [2.75, 3.05) is 7.11 Å². The summed E-state index contributed by atoms with van der Waals surface area (Å²) in [5.74, 6) is -0.790. The van der Waals surface area contributed by atoms with Crippen molar-refractivity contribution < 1.29 is 18.3 Å². The molecule has 0 bridgehead atoms. The van der Waals surface area contributed by atoms with Gasteiger partial charge < -0.3 is 4.74 Å². The molecular weight excluding hydrogens is 284 g/mol. The van der Waals surface area contributed by atoms with E-state index in [1.54, 1.807) is 0 Å². The molecule has 1 aromatic heterocycles. The number of aryl methyl sites for hydroxylation is 1. The van der Waals surface area contributed by atoms with Crippen molar-refractivity contribution in [1.29, 1.82) is 0 Å². The second kappa shape index (κ2) is 5.34. The topological polar surface area (TPSA) is 39.2 Å².